The second kappa shape index (κ2) is 7.85. The number of hydrogen-bond acceptors (Lipinski definition) is 2. The second-order valence-electron chi connectivity index (χ2n) is 5.13. The summed E-state index contributed by atoms with van der Waals surface area (Å²) in [6.07, 6.45) is 0. The van der Waals surface area contributed by atoms with Gasteiger partial charge in [-0.3, -0.25) is 4.79 Å². The Hall–Kier alpha value is -2.00. The molecule has 1 atom stereocenters. The number of para-hydroxylation sites is 1. The maximum atomic E-state index is 12.0. The van der Waals surface area contributed by atoms with Crippen LogP contribution in [0.5, 0.6) is 5.75 Å². The number of carbonyl (C=O) groups is 1. The topological polar surface area (TPSA) is 38.3 Å². The van der Waals surface area contributed by atoms with Gasteiger partial charge in [-0.1, -0.05) is 48.5 Å². The zero-order valence-corrected chi connectivity index (χ0v) is 13.6. The maximum Gasteiger partial charge on any atom is 0.242 e. The Balaban J connectivity index is 1.80. The molecule has 1 amide bonds. The minimum Gasteiger partial charge on any atom is -0.491 e. The highest BCUT2D eigenvalue weighted by Gasteiger charge is 2.16. The van der Waals surface area contributed by atoms with Crippen LogP contribution in [0.1, 0.15) is 22.1 Å². The van der Waals surface area contributed by atoms with Gasteiger partial charge in [0.15, 0.2) is 0 Å². The summed E-state index contributed by atoms with van der Waals surface area (Å²) < 4.78 is 5.75. The summed E-state index contributed by atoms with van der Waals surface area (Å²) in [5, 5.41) is 2.11. The third-order valence-corrected chi connectivity index (χ3v) is 3.83. The number of halogens is 1. The molecule has 0 aliphatic carbocycles. The van der Waals surface area contributed by atoms with Crippen LogP contribution in [0.4, 0.5) is 0 Å². The van der Waals surface area contributed by atoms with E-state index >= 15 is 0 Å². The molecule has 0 saturated heterocycles. The third kappa shape index (κ3) is 4.25. The molecule has 2 aromatic carbocycles. The largest absolute Gasteiger partial charge is 0.491 e. The Morgan fingerprint density at radius 1 is 1.09 bits per heavy atom. The Morgan fingerprint density at radius 2 is 1.73 bits per heavy atom. The molecular formula is C18H20ClNO2. The number of carbonyl (C=O) groups excluding carboxylic acids is 1. The number of rotatable bonds is 6. The van der Waals surface area contributed by atoms with E-state index in [1.807, 2.05) is 62.4 Å². The first kappa shape index (κ1) is 16.4. The summed E-state index contributed by atoms with van der Waals surface area (Å²) in [5.41, 5.74) is 2.97. The molecule has 0 radical (unpaired) electrons. The molecule has 0 heterocycles. The van der Waals surface area contributed by atoms with Gasteiger partial charge in [0, 0.05) is 0 Å². The van der Waals surface area contributed by atoms with Gasteiger partial charge in [0.25, 0.3) is 0 Å². The molecule has 22 heavy (non-hydrogen) atoms. The predicted molar refractivity (Wildman–Crippen MR) is 89.5 cm³/mol. The van der Waals surface area contributed by atoms with Gasteiger partial charge in [-0.25, -0.2) is 0 Å². The molecule has 0 aromatic heterocycles. The lowest BCUT2D eigenvalue weighted by Crippen LogP contribution is -2.30. The van der Waals surface area contributed by atoms with Gasteiger partial charge in [0.05, 0.1) is 6.54 Å². The van der Waals surface area contributed by atoms with E-state index in [-0.39, 0.29) is 5.91 Å². The zero-order valence-electron chi connectivity index (χ0n) is 12.8. The number of ether oxygens (including phenoxy) is 1. The van der Waals surface area contributed by atoms with Gasteiger partial charge in [0.2, 0.25) is 5.91 Å². The average molecular weight is 318 g/mol. The van der Waals surface area contributed by atoms with E-state index in [9.17, 15) is 4.79 Å². The van der Waals surface area contributed by atoms with Gasteiger partial charge in [-0.2, -0.15) is 0 Å². The summed E-state index contributed by atoms with van der Waals surface area (Å²) in [7, 11) is 0. The van der Waals surface area contributed by atoms with E-state index < -0.39 is 5.38 Å². The van der Waals surface area contributed by atoms with E-state index in [4.69, 9.17) is 16.3 Å². The minimum atomic E-state index is -0.679. The molecular weight excluding hydrogens is 298 g/mol. The van der Waals surface area contributed by atoms with E-state index in [1.165, 1.54) is 0 Å². The molecule has 1 N–H and O–H groups in total. The molecule has 0 fully saturated rings. The summed E-state index contributed by atoms with van der Waals surface area (Å²) in [4.78, 5) is 12.0. The highest BCUT2D eigenvalue weighted by molar-refractivity contribution is 6.30. The molecule has 0 bridgehead atoms. The molecule has 0 spiro atoms. The number of aryl methyl sites for hydroxylation is 2. The molecule has 1 unspecified atom stereocenters. The maximum absolute atomic E-state index is 12.0. The lowest BCUT2D eigenvalue weighted by molar-refractivity contribution is -0.120. The van der Waals surface area contributed by atoms with Gasteiger partial charge in [-0.05, 0) is 30.5 Å². The van der Waals surface area contributed by atoms with Gasteiger partial charge in [-0.15, -0.1) is 11.6 Å². The van der Waals surface area contributed by atoms with Gasteiger partial charge in [0.1, 0.15) is 17.7 Å². The number of nitrogens with one attached hydrogen (secondary N) is 1. The number of alkyl halides is 1. The first-order valence-electron chi connectivity index (χ1n) is 7.25. The minimum absolute atomic E-state index is 0.210. The highest BCUT2D eigenvalue weighted by atomic mass is 35.5. The molecule has 4 heteroatoms. The molecule has 0 saturated carbocycles. The van der Waals surface area contributed by atoms with Crippen LogP contribution in [0.15, 0.2) is 48.5 Å². The fraction of sp³-hybridized carbons (Fsp3) is 0.278. The van der Waals surface area contributed by atoms with Crippen LogP contribution in [0, 0.1) is 13.8 Å². The Bertz CT molecular complexity index is 608. The highest BCUT2D eigenvalue weighted by Crippen LogP contribution is 2.22. The standard InChI is InChI=1S/C18H20ClNO2/c1-13-7-6-8-14(2)17(13)22-12-11-20-18(21)16(19)15-9-4-3-5-10-15/h3-10,16H,11-12H2,1-2H3,(H,20,21). The van der Waals surface area contributed by atoms with Crippen LogP contribution < -0.4 is 10.1 Å². The fourth-order valence-electron chi connectivity index (χ4n) is 2.22. The number of hydrogen-bond donors (Lipinski definition) is 1. The van der Waals surface area contributed by atoms with Crippen molar-refractivity contribution in [1.82, 2.24) is 5.32 Å². The van der Waals surface area contributed by atoms with Crippen LogP contribution in [0.3, 0.4) is 0 Å². The number of benzene rings is 2. The van der Waals surface area contributed by atoms with Crippen molar-refractivity contribution in [2.75, 3.05) is 13.2 Å². The first-order valence-corrected chi connectivity index (χ1v) is 7.69. The lowest BCUT2D eigenvalue weighted by atomic mass is 10.1. The zero-order chi connectivity index (χ0) is 15.9. The van der Waals surface area contributed by atoms with E-state index in [0.717, 1.165) is 22.4 Å². The van der Waals surface area contributed by atoms with Crippen molar-refractivity contribution in [3.63, 3.8) is 0 Å². The molecule has 116 valence electrons. The van der Waals surface area contributed by atoms with E-state index in [2.05, 4.69) is 5.32 Å². The molecule has 0 aliphatic rings. The van der Waals surface area contributed by atoms with Crippen molar-refractivity contribution in [3.8, 4) is 5.75 Å². The van der Waals surface area contributed by atoms with Crippen molar-refractivity contribution in [2.24, 2.45) is 0 Å². The average Bonchev–Trinajstić information content (AvgIpc) is 2.53. The van der Waals surface area contributed by atoms with Crippen LogP contribution in [0.2, 0.25) is 0 Å². The van der Waals surface area contributed by atoms with Crippen LogP contribution in [-0.2, 0) is 4.79 Å². The Morgan fingerprint density at radius 3 is 2.36 bits per heavy atom. The fourth-order valence-corrected chi connectivity index (χ4v) is 2.44. The third-order valence-electron chi connectivity index (χ3n) is 3.38. The van der Waals surface area contributed by atoms with Crippen LogP contribution in [-0.4, -0.2) is 19.1 Å². The smallest absolute Gasteiger partial charge is 0.242 e. The normalized spacial score (nSPS) is 11.8. The Kier molecular flexibility index (Phi) is 5.84. The SMILES string of the molecule is Cc1cccc(C)c1OCCNC(=O)C(Cl)c1ccccc1. The monoisotopic (exact) mass is 317 g/mol. The van der Waals surface area contributed by atoms with Crippen LogP contribution >= 0.6 is 11.6 Å². The Labute approximate surface area is 136 Å². The van der Waals surface area contributed by atoms with Crippen molar-refractivity contribution in [1.29, 1.82) is 0 Å². The van der Waals surface area contributed by atoms with E-state index in [0.29, 0.717) is 13.2 Å². The first-order chi connectivity index (χ1) is 10.6. The van der Waals surface area contributed by atoms with Crippen molar-refractivity contribution >= 4 is 17.5 Å². The summed E-state index contributed by atoms with van der Waals surface area (Å²) in [6, 6.07) is 15.3. The second-order valence-corrected chi connectivity index (χ2v) is 5.57. The summed E-state index contributed by atoms with van der Waals surface area (Å²) >= 11 is 6.15. The predicted octanol–water partition coefficient (Wildman–Crippen LogP) is 3.78. The molecule has 0 aliphatic heterocycles. The van der Waals surface area contributed by atoms with Gasteiger partial charge < -0.3 is 10.1 Å². The molecule has 2 rings (SSSR count). The molecule has 2 aromatic rings. The van der Waals surface area contributed by atoms with Crippen molar-refractivity contribution in [2.45, 2.75) is 19.2 Å². The van der Waals surface area contributed by atoms with Crippen molar-refractivity contribution < 1.29 is 9.53 Å². The van der Waals surface area contributed by atoms with Gasteiger partial charge >= 0.3 is 0 Å². The lowest BCUT2D eigenvalue weighted by Gasteiger charge is -2.14. The summed E-state index contributed by atoms with van der Waals surface area (Å²) in [6.45, 7) is 4.84. The quantitative estimate of drug-likeness (QED) is 0.650. The van der Waals surface area contributed by atoms with E-state index in [1.54, 1.807) is 0 Å². The summed E-state index contributed by atoms with van der Waals surface area (Å²) in [5.74, 6) is 0.667. The molecule has 3 nitrogen and oxygen atoms in total. The van der Waals surface area contributed by atoms with Crippen LogP contribution in [0.25, 0.3) is 0 Å². The number of amides is 1. The van der Waals surface area contributed by atoms with Crippen molar-refractivity contribution in [3.05, 3.63) is 65.2 Å².